The van der Waals surface area contributed by atoms with Gasteiger partial charge in [-0.1, -0.05) is 12.1 Å². The first kappa shape index (κ1) is 10.0. The minimum atomic E-state index is 0.618. The summed E-state index contributed by atoms with van der Waals surface area (Å²) in [5, 5.41) is 5.00. The molecule has 5 heteroatoms. The van der Waals surface area contributed by atoms with E-state index in [4.69, 9.17) is 4.52 Å². The van der Waals surface area contributed by atoms with Crippen molar-refractivity contribution in [1.82, 2.24) is 20.1 Å². The number of nitrogens with zero attached hydrogens (tertiary/aromatic N) is 3. The van der Waals surface area contributed by atoms with E-state index in [0.717, 1.165) is 29.4 Å². The molecule has 0 unspecified atom stereocenters. The molecule has 0 aromatic carbocycles. The summed E-state index contributed by atoms with van der Waals surface area (Å²) in [5.41, 5.74) is 1.77. The van der Waals surface area contributed by atoms with Crippen molar-refractivity contribution in [2.45, 2.75) is 19.8 Å². The van der Waals surface area contributed by atoms with E-state index in [9.17, 15) is 0 Å². The van der Waals surface area contributed by atoms with Crippen LogP contribution in [0.3, 0.4) is 0 Å². The average Bonchev–Trinajstić information content (AvgIpc) is 2.95. The molecule has 0 fully saturated rings. The van der Waals surface area contributed by atoms with Gasteiger partial charge in [0.25, 0.3) is 0 Å². The lowest BCUT2D eigenvalue weighted by Gasteiger charge is -1.90. The molecule has 5 nitrogen and oxygen atoms in total. The van der Waals surface area contributed by atoms with Crippen LogP contribution in [0.25, 0.3) is 22.4 Å². The zero-order valence-corrected chi connectivity index (χ0v) is 9.47. The molecule has 0 spiro atoms. The van der Waals surface area contributed by atoms with Crippen molar-refractivity contribution in [1.29, 1.82) is 0 Å². The third-order valence-corrected chi connectivity index (χ3v) is 2.62. The summed E-state index contributed by atoms with van der Waals surface area (Å²) in [6, 6.07) is 3.89. The molecule has 17 heavy (non-hydrogen) atoms. The van der Waals surface area contributed by atoms with E-state index >= 15 is 0 Å². The highest BCUT2D eigenvalue weighted by Gasteiger charge is 2.12. The van der Waals surface area contributed by atoms with E-state index in [1.54, 1.807) is 6.20 Å². The molecule has 3 rings (SSSR count). The second kappa shape index (κ2) is 4.01. The molecular formula is C12H12N4O. The van der Waals surface area contributed by atoms with E-state index in [-0.39, 0.29) is 0 Å². The Morgan fingerprint density at radius 3 is 3.24 bits per heavy atom. The number of H-pyrrole nitrogens is 1. The summed E-state index contributed by atoms with van der Waals surface area (Å²) in [6.07, 6.45) is 5.42. The molecule has 0 aliphatic carbocycles. The van der Waals surface area contributed by atoms with Gasteiger partial charge in [-0.25, -0.2) is 4.98 Å². The summed E-state index contributed by atoms with van der Waals surface area (Å²) < 4.78 is 5.18. The van der Waals surface area contributed by atoms with Gasteiger partial charge in [0, 0.05) is 29.8 Å². The minimum Gasteiger partial charge on any atom is -0.345 e. The van der Waals surface area contributed by atoms with Gasteiger partial charge in [-0.05, 0) is 18.6 Å². The number of aromatic nitrogens is 4. The molecule has 1 N–H and O–H groups in total. The summed E-state index contributed by atoms with van der Waals surface area (Å²) in [7, 11) is 0. The molecular weight excluding hydrogens is 216 g/mol. The fourth-order valence-electron chi connectivity index (χ4n) is 1.82. The summed E-state index contributed by atoms with van der Waals surface area (Å²) in [4.78, 5) is 11.7. The number of hydrogen-bond acceptors (Lipinski definition) is 4. The largest absolute Gasteiger partial charge is 0.345 e. The highest BCUT2D eigenvalue weighted by atomic mass is 16.5. The zero-order chi connectivity index (χ0) is 11.7. The molecule has 3 heterocycles. The number of fused-ring (bicyclic) bond motifs is 1. The lowest BCUT2D eigenvalue weighted by molar-refractivity contribution is 0.378. The van der Waals surface area contributed by atoms with Crippen molar-refractivity contribution >= 4 is 11.0 Å². The van der Waals surface area contributed by atoms with Gasteiger partial charge >= 0.3 is 0 Å². The second-order valence-electron chi connectivity index (χ2n) is 3.86. The number of rotatable bonds is 3. The van der Waals surface area contributed by atoms with Gasteiger partial charge in [-0.15, -0.1) is 0 Å². The second-order valence-corrected chi connectivity index (χ2v) is 3.86. The Morgan fingerprint density at radius 2 is 2.35 bits per heavy atom. The molecule has 86 valence electrons. The lowest BCUT2D eigenvalue weighted by atomic mass is 10.2. The van der Waals surface area contributed by atoms with Crippen molar-refractivity contribution < 1.29 is 4.52 Å². The molecule has 0 amide bonds. The molecule has 0 atom stereocenters. The summed E-state index contributed by atoms with van der Waals surface area (Å²) in [5.74, 6) is 1.30. The van der Waals surface area contributed by atoms with Gasteiger partial charge in [0.1, 0.15) is 5.65 Å². The van der Waals surface area contributed by atoms with Gasteiger partial charge in [0.2, 0.25) is 11.7 Å². The predicted octanol–water partition coefficient (Wildman–Crippen LogP) is 2.57. The molecule has 0 saturated heterocycles. The molecule has 0 saturated carbocycles. The van der Waals surface area contributed by atoms with Crippen LogP contribution in [0.2, 0.25) is 0 Å². The van der Waals surface area contributed by atoms with Crippen LogP contribution in [0.15, 0.2) is 29.0 Å². The maximum atomic E-state index is 5.18. The smallest absolute Gasteiger partial charge is 0.226 e. The van der Waals surface area contributed by atoms with Crippen molar-refractivity contribution in [3.8, 4) is 11.4 Å². The maximum absolute atomic E-state index is 5.18. The van der Waals surface area contributed by atoms with Crippen LogP contribution < -0.4 is 0 Å². The van der Waals surface area contributed by atoms with E-state index < -0.39 is 0 Å². The molecule has 3 aromatic heterocycles. The Labute approximate surface area is 97.9 Å². The number of pyridine rings is 1. The number of hydrogen-bond donors (Lipinski definition) is 1. The van der Waals surface area contributed by atoms with Crippen LogP contribution >= 0.6 is 0 Å². The van der Waals surface area contributed by atoms with Crippen LogP contribution in [-0.4, -0.2) is 20.1 Å². The van der Waals surface area contributed by atoms with Crippen LogP contribution in [0, 0.1) is 0 Å². The van der Waals surface area contributed by atoms with Crippen molar-refractivity contribution in [2.75, 3.05) is 0 Å². The van der Waals surface area contributed by atoms with E-state index in [2.05, 4.69) is 27.0 Å². The standard InChI is InChI=1S/C12H12N4O/c1-2-4-10-15-12(16-17-10)9-7-14-11-8(9)5-3-6-13-11/h3,5-7H,2,4H2,1H3,(H,13,14). The average molecular weight is 228 g/mol. The van der Waals surface area contributed by atoms with Gasteiger partial charge in [-0.2, -0.15) is 4.98 Å². The molecule has 0 aliphatic heterocycles. The zero-order valence-electron chi connectivity index (χ0n) is 9.47. The van der Waals surface area contributed by atoms with Gasteiger partial charge < -0.3 is 9.51 Å². The van der Waals surface area contributed by atoms with E-state index in [1.807, 2.05) is 18.3 Å². The van der Waals surface area contributed by atoms with Crippen LogP contribution in [0.1, 0.15) is 19.2 Å². The Bertz CT molecular complexity index is 641. The molecule has 3 aromatic rings. The Kier molecular flexibility index (Phi) is 2.36. The Hall–Kier alpha value is -2.17. The molecule has 0 aliphatic rings. The van der Waals surface area contributed by atoms with Crippen molar-refractivity contribution in [2.24, 2.45) is 0 Å². The normalized spacial score (nSPS) is 11.1. The van der Waals surface area contributed by atoms with E-state index in [1.165, 1.54) is 0 Å². The highest BCUT2D eigenvalue weighted by molar-refractivity contribution is 5.91. The monoisotopic (exact) mass is 228 g/mol. The predicted molar refractivity (Wildman–Crippen MR) is 63.4 cm³/mol. The maximum Gasteiger partial charge on any atom is 0.226 e. The molecule has 0 radical (unpaired) electrons. The quantitative estimate of drug-likeness (QED) is 0.748. The van der Waals surface area contributed by atoms with Crippen molar-refractivity contribution in [3.05, 3.63) is 30.4 Å². The first-order chi connectivity index (χ1) is 8.38. The Morgan fingerprint density at radius 1 is 1.41 bits per heavy atom. The van der Waals surface area contributed by atoms with Crippen LogP contribution in [0.4, 0.5) is 0 Å². The fourth-order valence-corrected chi connectivity index (χ4v) is 1.82. The topological polar surface area (TPSA) is 67.6 Å². The summed E-state index contributed by atoms with van der Waals surface area (Å²) in [6.45, 7) is 2.08. The van der Waals surface area contributed by atoms with Crippen LogP contribution in [-0.2, 0) is 6.42 Å². The number of aromatic amines is 1. The minimum absolute atomic E-state index is 0.618. The third kappa shape index (κ3) is 1.69. The van der Waals surface area contributed by atoms with Gasteiger partial charge in [0.15, 0.2) is 0 Å². The first-order valence-corrected chi connectivity index (χ1v) is 5.63. The highest BCUT2D eigenvalue weighted by Crippen LogP contribution is 2.24. The molecule has 0 bridgehead atoms. The van der Waals surface area contributed by atoms with E-state index in [0.29, 0.717) is 11.7 Å². The first-order valence-electron chi connectivity index (χ1n) is 5.63. The van der Waals surface area contributed by atoms with Crippen LogP contribution in [0.5, 0.6) is 0 Å². The van der Waals surface area contributed by atoms with Gasteiger partial charge in [-0.3, -0.25) is 0 Å². The SMILES string of the molecule is CCCc1nc(-c2c[nH]c3ncccc23)no1. The third-order valence-electron chi connectivity index (χ3n) is 2.62. The number of nitrogens with one attached hydrogen (secondary N) is 1. The Balaban J connectivity index is 2.07. The van der Waals surface area contributed by atoms with Crippen molar-refractivity contribution in [3.63, 3.8) is 0 Å². The number of aryl methyl sites for hydroxylation is 1. The summed E-state index contributed by atoms with van der Waals surface area (Å²) >= 11 is 0. The van der Waals surface area contributed by atoms with Gasteiger partial charge in [0.05, 0.1) is 0 Å². The lowest BCUT2D eigenvalue weighted by Crippen LogP contribution is -1.83. The fraction of sp³-hybridized carbons (Fsp3) is 0.250.